The minimum Gasteiger partial charge on any atom is -0.493 e. The molecule has 0 bridgehead atoms. The number of amides is 2. The van der Waals surface area contributed by atoms with Crippen LogP contribution in [0.2, 0.25) is 0 Å². The molecule has 0 radical (unpaired) electrons. The molecule has 0 spiro atoms. The fourth-order valence-electron chi connectivity index (χ4n) is 2.69. The maximum Gasteiger partial charge on any atom is 0.315 e. The molecular formula is C21H22FN3O4. The van der Waals surface area contributed by atoms with E-state index in [9.17, 15) is 9.18 Å². The predicted molar refractivity (Wildman–Crippen MR) is 105 cm³/mol. The first-order valence-electron chi connectivity index (χ1n) is 9.02. The van der Waals surface area contributed by atoms with E-state index < -0.39 is 0 Å². The molecule has 7 nitrogen and oxygen atoms in total. The van der Waals surface area contributed by atoms with E-state index >= 15 is 0 Å². The monoisotopic (exact) mass is 399 g/mol. The summed E-state index contributed by atoms with van der Waals surface area (Å²) in [5.74, 6) is 1.34. The summed E-state index contributed by atoms with van der Waals surface area (Å²) in [5.41, 5.74) is 2.28. The molecule has 1 heterocycles. The van der Waals surface area contributed by atoms with Gasteiger partial charge in [-0.3, -0.25) is 0 Å². The van der Waals surface area contributed by atoms with Crippen molar-refractivity contribution in [2.45, 2.75) is 13.0 Å². The number of nitrogens with one attached hydrogen (secondary N) is 2. The largest absolute Gasteiger partial charge is 0.493 e. The number of aromatic nitrogens is 1. The molecule has 3 aromatic rings. The molecule has 29 heavy (non-hydrogen) atoms. The summed E-state index contributed by atoms with van der Waals surface area (Å²) in [6, 6.07) is 11.1. The molecule has 0 fully saturated rings. The molecule has 0 saturated heterocycles. The van der Waals surface area contributed by atoms with Gasteiger partial charge in [0, 0.05) is 25.1 Å². The molecule has 0 atom stereocenters. The van der Waals surface area contributed by atoms with Crippen LogP contribution in [0, 0.1) is 5.82 Å². The van der Waals surface area contributed by atoms with Crippen LogP contribution >= 0.6 is 0 Å². The minimum atomic E-state index is -0.316. The molecule has 0 aliphatic rings. The van der Waals surface area contributed by atoms with Gasteiger partial charge in [0.2, 0.25) is 5.89 Å². The molecule has 0 aliphatic carbocycles. The van der Waals surface area contributed by atoms with Crippen molar-refractivity contribution >= 4 is 6.03 Å². The third kappa shape index (κ3) is 5.47. The van der Waals surface area contributed by atoms with Gasteiger partial charge in [0.15, 0.2) is 11.5 Å². The first-order chi connectivity index (χ1) is 14.1. The van der Waals surface area contributed by atoms with Gasteiger partial charge in [-0.05, 0) is 42.0 Å². The van der Waals surface area contributed by atoms with Crippen LogP contribution < -0.4 is 20.1 Å². The summed E-state index contributed by atoms with van der Waals surface area (Å²) in [7, 11) is 3.13. The van der Waals surface area contributed by atoms with Crippen molar-refractivity contribution in [3.63, 3.8) is 0 Å². The number of oxazole rings is 1. The van der Waals surface area contributed by atoms with Crippen LogP contribution in [-0.4, -0.2) is 31.8 Å². The molecule has 0 unspecified atom stereocenters. The summed E-state index contributed by atoms with van der Waals surface area (Å²) >= 11 is 0. The predicted octanol–water partition coefficient (Wildman–Crippen LogP) is 3.54. The first-order valence-corrected chi connectivity index (χ1v) is 9.02. The average Bonchev–Trinajstić information content (AvgIpc) is 3.21. The van der Waals surface area contributed by atoms with E-state index in [0.717, 1.165) is 5.56 Å². The summed E-state index contributed by atoms with van der Waals surface area (Å²) in [6.45, 7) is 0.748. The van der Waals surface area contributed by atoms with Gasteiger partial charge in [-0.25, -0.2) is 14.2 Å². The summed E-state index contributed by atoms with van der Waals surface area (Å²) in [4.78, 5) is 16.3. The normalized spacial score (nSPS) is 10.4. The first kappa shape index (κ1) is 20.2. The van der Waals surface area contributed by atoms with Gasteiger partial charge in [0.1, 0.15) is 12.1 Å². The molecule has 2 amide bonds. The minimum absolute atomic E-state index is 0.290. The molecule has 1 aromatic heterocycles. The van der Waals surface area contributed by atoms with Gasteiger partial charge in [0.05, 0.1) is 19.9 Å². The third-order valence-corrected chi connectivity index (χ3v) is 4.21. The lowest BCUT2D eigenvalue weighted by atomic mass is 10.2. The Morgan fingerprint density at radius 1 is 1.07 bits per heavy atom. The van der Waals surface area contributed by atoms with Gasteiger partial charge in [0.25, 0.3) is 0 Å². The van der Waals surface area contributed by atoms with E-state index in [4.69, 9.17) is 13.9 Å². The molecule has 2 aromatic carbocycles. The van der Waals surface area contributed by atoms with Gasteiger partial charge in [-0.2, -0.15) is 0 Å². The molecule has 2 N–H and O–H groups in total. The summed E-state index contributed by atoms with van der Waals surface area (Å²) in [5, 5.41) is 5.56. The van der Waals surface area contributed by atoms with Crippen molar-refractivity contribution in [1.29, 1.82) is 0 Å². The van der Waals surface area contributed by atoms with Crippen molar-refractivity contribution < 1.29 is 23.1 Å². The van der Waals surface area contributed by atoms with Crippen molar-refractivity contribution in [1.82, 2.24) is 15.6 Å². The zero-order valence-electron chi connectivity index (χ0n) is 16.2. The number of ether oxygens (including phenoxy) is 2. The van der Waals surface area contributed by atoms with E-state index in [-0.39, 0.29) is 11.8 Å². The number of rotatable bonds is 8. The van der Waals surface area contributed by atoms with E-state index in [1.807, 2.05) is 12.1 Å². The van der Waals surface area contributed by atoms with Crippen LogP contribution in [-0.2, 0) is 13.0 Å². The van der Waals surface area contributed by atoms with Crippen LogP contribution in [0.25, 0.3) is 11.5 Å². The topological polar surface area (TPSA) is 85.6 Å². The molecule has 0 aliphatic heterocycles. The zero-order chi connectivity index (χ0) is 20.6. The van der Waals surface area contributed by atoms with Crippen LogP contribution in [0.15, 0.2) is 53.1 Å². The number of urea groups is 1. The summed E-state index contributed by atoms with van der Waals surface area (Å²) in [6.07, 6.45) is 2.04. The van der Waals surface area contributed by atoms with Gasteiger partial charge in [-0.1, -0.05) is 6.07 Å². The number of methoxy groups -OCH3 is 2. The third-order valence-electron chi connectivity index (χ3n) is 4.21. The maximum absolute atomic E-state index is 13.0. The van der Waals surface area contributed by atoms with Crippen molar-refractivity contribution in [2.75, 3.05) is 20.8 Å². The van der Waals surface area contributed by atoms with E-state index in [1.54, 1.807) is 32.4 Å². The highest BCUT2D eigenvalue weighted by Crippen LogP contribution is 2.27. The number of halogens is 1. The van der Waals surface area contributed by atoms with Crippen molar-refractivity contribution in [3.8, 4) is 23.0 Å². The van der Waals surface area contributed by atoms with Crippen LogP contribution in [0.4, 0.5) is 9.18 Å². The Bertz CT molecular complexity index is 957. The van der Waals surface area contributed by atoms with E-state index in [2.05, 4.69) is 15.6 Å². The van der Waals surface area contributed by atoms with Crippen LogP contribution in [0.1, 0.15) is 11.3 Å². The Morgan fingerprint density at radius 2 is 1.83 bits per heavy atom. The Hall–Kier alpha value is -3.55. The molecule has 3 rings (SSSR count). The molecule has 0 saturated carbocycles. The Labute approximate surface area is 167 Å². The number of hydrogen-bond acceptors (Lipinski definition) is 5. The Kier molecular flexibility index (Phi) is 6.67. The van der Waals surface area contributed by atoms with Crippen molar-refractivity contribution in [3.05, 3.63) is 65.8 Å². The fourth-order valence-corrected chi connectivity index (χ4v) is 2.69. The molecular weight excluding hydrogens is 377 g/mol. The maximum atomic E-state index is 13.0. The number of carbonyl (C=O) groups is 1. The zero-order valence-corrected chi connectivity index (χ0v) is 16.2. The Morgan fingerprint density at radius 3 is 2.55 bits per heavy atom. The average molecular weight is 399 g/mol. The number of benzene rings is 2. The second kappa shape index (κ2) is 9.59. The van der Waals surface area contributed by atoms with E-state index in [1.165, 1.54) is 18.4 Å². The van der Waals surface area contributed by atoms with Gasteiger partial charge < -0.3 is 24.5 Å². The smallest absolute Gasteiger partial charge is 0.315 e. The summed E-state index contributed by atoms with van der Waals surface area (Å²) < 4.78 is 28.8. The SMILES string of the molecule is COc1ccc(CNC(=O)NCCc2coc(-c3ccc(F)cc3)n2)cc1OC. The van der Waals surface area contributed by atoms with Crippen molar-refractivity contribution in [2.24, 2.45) is 0 Å². The highest BCUT2D eigenvalue weighted by atomic mass is 19.1. The van der Waals surface area contributed by atoms with Gasteiger partial charge in [-0.15, -0.1) is 0 Å². The lowest BCUT2D eigenvalue weighted by Gasteiger charge is -2.10. The lowest BCUT2D eigenvalue weighted by Crippen LogP contribution is -2.36. The number of carbonyl (C=O) groups excluding carboxylic acids is 1. The second-order valence-electron chi connectivity index (χ2n) is 6.20. The standard InChI is InChI=1S/C21H22FN3O4/c1-27-18-8-3-14(11-19(18)28-2)12-24-21(26)23-10-9-17-13-29-20(25-17)15-4-6-16(22)7-5-15/h3-8,11,13H,9-10,12H2,1-2H3,(H2,23,24,26). The number of hydrogen-bond donors (Lipinski definition) is 2. The van der Waals surface area contributed by atoms with Gasteiger partial charge >= 0.3 is 6.03 Å². The lowest BCUT2D eigenvalue weighted by molar-refractivity contribution is 0.240. The molecule has 152 valence electrons. The number of nitrogens with zero attached hydrogens (tertiary/aromatic N) is 1. The van der Waals surface area contributed by atoms with Crippen LogP contribution in [0.5, 0.6) is 11.5 Å². The highest BCUT2D eigenvalue weighted by Gasteiger charge is 2.08. The Balaban J connectivity index is 1.44. The quantitative estimate of drug-likeness (QED) is 0.605. The fraction of sp³-hybridized carbons (Fsp3) is 0.238. The second-order valence-corrected chi connectivity index (χ2v) is 6.20. The molecule has 8 heteroatoms. The highest BCUT2D eigenvalue weighted by molar-refractivity contribution is 5.73. The van der Waals surface area contributed by atoms with Crippen LogP contribution in [0.3, 0.4) is 0 Å². The van der Waals surface area contributed by atoms with E-state index in [0.29, 0.717) is 48.2 Å².